The Bertz CT molecular complexity index is 1150. The Morgan fingerprint density at radius 1 is 1.09 bits per heavy atom. The number of aryl methyl sites for hydroxylation is 1. The normalized spacial score (nSPS) is 16.1. The molecule has 0 radical (unpaired) electrons. The summed E-state index contributed by atoms with van der Waals surface area (Å²) in [6, 6.07) is 9.71. The molecule has 2 aliphatic rings. The van der Waals surface area contributed by atoms with Crippen LogP contribution >= 0.6 is 22.7 Å². The summed E-state index contributed by atoms with van der Waals surface area (Å²) in [6.07, 6.45) is 1.31. The number of ether oxygens (including phenoxy) is 2. The van der Waals surface area contributed by atoms with Crippen molar-refractivity contribution < 1.29 is 19.1 Å². The molecular formula is C23H23N3O4S2. The van der Waals surface area contributed by atoms with Crippen LogP contribution in [0, 0.1) is 12.8 Å². The number of aromatic nitrogens is 1. The van der Waals surface area contributed by atoms with E-state index in [1.807, 2.05) is 47.5 Å². The van der Waals surface area contributed by atoms with Gasteiger partial charge in [-0.3, -0.25) is 9.59 Å². The van der Waals surface area contributed by atoms with E-state index in [1.54, 1.807) is 0 Å². The Morgan fingerprint density at radius 2 is 1.88 bits per heavy atom. The summed E-state index contributed by atoms with van der Waals surface area (Å²) in [6.45, 7) is 4.16. The largest absolute Gasteiger partial charge is 0.486 e. The number of piperidine rings is 1. The lowest BCUT2D eigenvalue weighted by Gasteiger charge is -2.30. The van der Waals surface area contributed by atoms with Gasteiger partial charge in [-0.15, -0.1) is 22.7 Å². The number of likely N-dealkylation sites (tertiary alicyclic amines) is 1. The molecule has 0 unspecified atom stereocenters. The second kappa shape index (κ2) is 8.91. The van der Waals surface area contributed by atoms with Gasteiger partial charge in [-0.25, -0.2) is 4.98 Å². The second-order valence-electron chi connectivity index (χ2n) is 7.87. The number of nitrogens with one attached hydrogen (secondary N) is 1. The van der Waals surface area contributed by atoms with Gasteiger partial charge in [-0.05, 0) is 55.7 Å². The molecule has 166 valence electrons. The third-order valence-corrected chi connectivity index (χ3v) is 7.64. The van der Waals surface area contributed by atoms with Crippen molar-refractivity contribution in [1.29, 1.82) is 0 Å². The summed E-state index contributed by atoms with van der Waals surface area (Å²) in [5.74, 6) is 1.41. The van der Waals surface area contributed by atoms with Gasteiger partial charge in [-0.2, -0.15) is 0 Å². The zero-order chi connectivity index (χ0) is 22.1. The van der Waals surface area contributed by atoms with Crippen LogP contribution in [0.25, 0.3) is 10.4 Å². The lowest BCUT2D eigenvalue weighted by atomic mass is 9.96. The first-order chi connectivity index (χ1) is 15.6. The highest BCUT2D eigenvalue weighted by Gasteiger charge is 2.29. The van der Waals surface area contributed by atoms with E-state index in [0.29, 0.717) is 49.2 Å². The highest BCUT2D eigenvalue weighted by Crippen LogP contribution is 2.37. The van der Waals surface area contributed by atoms with E-state index in [9.17, 15) is 9.59 Å². The highest BCUT2D eigenvalue weighted by atomic mass is 32.1. The maximum absolute atomic E-state index is 13.0. The van der Waals surface area contributed by atoms with E-state index in [1.165, 1.54) is 22.7 Å². The molecule has 0 aliphatic carbocycles. The minimum absolute atomic E-state index is 0.0107. The molecule has 2 aromatic heterocycles. The number of rotatable bonds is 4. The maximum Gasteiger partial charge on any atom is 0.263 e. The van der Waals surface area contributed by atoms with Crippen molar-refractivity contribution in [3.63, 3.8) is 0 Å². The summed E-state index contributed by atoms with van der Waals surface area (Å²) in [7, 11) is 0. The average molecular weight is 470 g/mol. The van der Waals surface area contributed by atoms with E-state index in [-0.39, 0.29) is 17.7 Å². The molecule has 9 heteroatoms. The van der Waals surface area contributed by atoms with Gasteiger partial charge in [0, 0.05) is 29.3 Å². The van der Waals surface area contributed by atoms with Crippen LogP contribution in [0.4, 0.5) is 5.13 Å². The number of amides is 2. The van der Waals surface area contributed by atoms with Gasteiger partial charge in [0.2, 0.25) is 5.91 Å². The molecule has 0 atom stereocenters. The Morgan fingerprint density at radius 3 is 2.62 bits per heavy atom. The van der Waals surface area contributed by atoms with Crippen LogP contribution in [0.2, 0.25) is 0 Å². The highest BCUT2D eigenvalue weighted by molar-refractivity contribution is 7.17. The fourth-order valence-electron chi connectivity index (χ4n) is 3.92. The first-order valence-electron chi connectivity index (χ1n) is 10.6. The molecule has 0 spiro atoms. The third-order valence-electron chi connectivity index (χ3n) is 5.65. The molecule has 0 saturated carbocycles. The van der Waals surface area contributed by atoms with Crippen molar-refractivity contribution in [3.8, 4) is 21.9 Å². The van der Waals surface area contributed by atoms with Gasteiger partial charge in [-0.1, -0.05) is 0 Å². The fourth-order valence-corrected chi connectivity index (χ4v) is 5.59. The van der Waals surface area contributed by atoms with E-state index >= 15 is 0 Å². The summed E-state index contributed by atoms with van der Waals surface area (Å²) in [4.78, 5) is 33.4. The van der Waals surface area contributed by atoms with Crippen molar-refractivity contribution in [2.45, 2.75) is 19.8 Å². The maximum atomic E-state index is 13.0. The molecule has 5 rings (SSSR count). The third kappa shape index (κ3) is 4.35. The van der Waals surface area contributed by atoms with E-state index in [4.69, 9.17) is 9.47 Å². The first kappa shape index (κ1) is 21.0. The number of carbonyl (C=O) groups excluding carboxylic acids is 2. The van der Waals surface area contributed by atoms with Crippen LogP contribution < -0.4 is 14.8 Å². The molecule has 0 bridgehead atoms. The van der Waals surface area contributed by atoms with Gasteiger partial charge in [0.25, 0.3) is 5.91 Å². The monoisotopic (exact) mass is 469 g/mol. The Kier molecular flexibility index (Phi) is 5.84. The van der Waals surface area contributed by atoms with Gasteiger partial charge in [0.1, 0.15) is 13.2 Å². The van der Waals surface area contributed by atoms with Gasteiger partial charge in [0.05, 0.1) is 10.6 Å². The summed E-state index contributed by atoms with van der Waals surface area (Å²) < 4.78 is 11.3. The lowest BCUT2D eigenvalue weighted by Crippen LogP contribution is -2.41. The van der Waals surface area contributed by atoms with Crippen LogP contribution in [0.5, 0.6) is 11.5 Å². The van der Waals surface area contributed by atoms with Crippen molar-refractivity contribution in [3.05, 3.63) is 46.3 Å². The quantitative estimate of drug-likeness (QED) is 0.611. The standard InChI is InChI=1S/C23H23N3O4S2/c1-14-13-31-23(24-14)25-21(27)15-6-8-26(9-7-15)22(28)20-5-4-19(32-20)16-2-3-17-18(12-16)30-11-10-29-17/h2-5,12-13,15H,6-11H2,1H3,(H,24,25,27). The Balaban J connectivity index is 1.20. The topological polar surface area (TPSA) is 80.8 Å². The van der Waals surface area contributed by atoms with E-state index in [0.717, 1.165) is 27.6 Å². The molecule has 1 saturated heterocycles. The number of fused-ring (bicyclic) bond motifs is 1. The minimum Gasteiger partial charge on any atom is -0.486 e. The van der Waals surface area contributed by atoms with E-state index in [2.05, 4.69) is 10.3 Å². The van der Waals surface area contributed by atoms with Crippen LogP contribution in [0.3, 0.4) is 0 Å². The molecule has 3 aromatic rings. The van der Waals surface area contributed by atoms with Gasteiger partial charge in [0.15, 0.2) is 16.6 Å². The molecule has 1 fully saturated rings. The van der Waals surface area contributed by atoms with Crippen LogP contribution in [-0.4, -0.2) is 48.0 Å². The predicted molar refractivity (Wildman–Crippen MR) is 125 cm³/mol. The number of thiazole rings is 1. The van der Waals surface area contributed by atoms with Crippen molar-refractivity contribution in [2.24, 2.45) is 5.92 Å². The van der Waals surface area contributed by atoms with Crippen molar-refractivity contribution in [1.82, 2.24) is 9.88 Å². The molecule has 7 nitrogen and oxygen atoms in total. The molecule has 32 heavy (non-hydrogen) atoms. The predicted octanol–water partition coefficient (Wildman–Crippen LogP) is 4.44. The number of anilines is 1. The Hall–Kier alpha value is -2.91. The number of thiophene rings is 1. The molecule has 2 amide bonds. The first-order valence-corrected chi connectivity index (χ1v) is 12.3. The molecule has 1 aromatic carbocycles. The van der Waals surface area contributed by atoms with Gasteiger partial charge >= 0.3 is 0 Å². The lowest BCUT2D eigenvalue weighted by molar-refractivity contribution is -0.121. The minimum atomic E-state index is -0.0973. The molecular weight excluding hydrogens is 446 g/mol. The zero-order valence-electron chi connectivity index (χ0n) is 17.6. The average Bonchev–Trinajstić information content (AvgIpc) is 3.47. The fraction of sp³-hybridized carbons (Fsp3) is 0.348. The summed E-state index contributed by atoms with van der Waals surface area (Å²) >= 11 is 2.91. The number of hydrogen-bond acceptors (Lipinski definition) is 7. The number of nitrogens with zero attached hydrogens (tertiary/aromatic N) is 2. The summed E-state index contributed by atoms with van der Waals surface area (Å²) in [5, 5.41) is 5.45. The van der Waals surface area contributed by atoms with Crippen molar-refractivity contribution in [2.75, 3.05) is 31.6 Å². The SMILES string of the molecule is Cc1csc(NC(=O)C2CCN(C(=O)c3ccc(-c4ccc5c(c4)OCCO5)s3)CC2)n1. The number of hydrogen-bond donors (Lipinski definition) is 1. The van der Waals surface area contributed by atoms with E-state index < -0.39 is 0 Å². The summed E-state index contributed by atoms with van der Waals surface area (Å²) in [5.41, 5.74) is 1.91. The Labute approximate surface area is 194 Å². The zero-order valence-corrected chi connectivity index (χ0v) is 19.3. The molecule has 2 aliphatic heterocycles. The number of benzene rings is 1. The van der Waals surface area contributed by atoms with Crippen LogP contribution in [0.15, 0.2) is 35.7 Å². The smallest absolute Gasteiger partial charge is 0.263 e. The van der Waals surface area contributed by atoms with Crippen LogP contribution in [0.1, 0.15) is 28.2 Å². The second-order valence-corrected chi connectivity index (χ2v) is 9.81. The molecule has 4 heterocycles. The number of carbonyl (C=O) groups is 2. The molecule has 1 N–H and O–H groups in total. The van der Waals surface area contributed by atoms with Crippen molar-refractivity contribution >= 4 is 39.6 Å². The van der Waals surface area contributed by atoms with Crippen LogP contribution in [-0.2, 0) is 4.79 Å². The van der Waals surface area contributed by atoms with Gasteiger partial charge < -0.3 is 19.7 Å².